The first-order chi connectivity index (χ1) is 13.9. The van der Waals surface area contributed by atoms with Crippen LogP contribution >= 0.6 is 11.3 Å². The largest absolute Gasteiger partial charge is 0.459 e. The first-order valence-electron chi connectivity index (χ1n) is 10.2. The molecule has 8 heteroatoms. The highest BCUT2D eigenvalue weighted by molar-refractivity contribution is 7.09. The van der Waals surface area contributed by atoms with Gasteiger partial charge < -0.3 is 20.0 Å². The summed E-state index contributed by atoms with van der Waals surface area (Å²) in [7, 11) is 1.99. The summed E-state index contributed by atoms with van der Waals surface area (Å²) < 4.78 is 5.16. The number of furan rings is 1. The van der Waals surface area contributed by atoms with Crippen molar-refractivity contribution in [2.24, 2.45) is 5.92 Å². The van der Waals surface area contributed by atoms with Crippen LogP contribution in [-0.2, 0) is 11.2 Å². The topological polar surface area (TPSA) is 87.5 Å². The maximum Gasteiger partial charge on any atom is 0.287 e. The Balaban J connectivity index is 1.45. The molecule has 1 aliphatic heterocycles. The van der Waals surface area contributed by atoms with Crippen LogP contribution in [0.5, 0.6) is 0 Å². The van der Waals surface area contributed by atoms with E-state index >= 15 is 0 Å². The van der Waals surface area contributed by atoms with E-state index in [1.807, 2.05) is 7.05 Å². The Bertz CT molecular complexity index is 803. The number of hydrogen-bond acceptors (Lipinski definition) is 6. The molecule has 2 amide bonds. The van der Waals surface area contributed by atoms with Gasteiger partial charge in [0.15, 0.2) is 5.76 Å². The van der Waals surface area contributed by atoms with Gasteiger partial charge in [0.2, 0.25) is 5.91 Å². The normalized spacial score (nSPS) is 20.4. The number of likely N-dealkylation sites (tertiary alicyclic amines) is 1. The van der Waals surface area contributed by atoms with Gasteiger partial charge >= 0.3 is 0 Å². The average molecular weight is 419 g/mol. The lowest BCUT2D eigenvalue weighted by atomic mass is 10.0. The number of carbonyl (C=O) groups excluding carboxylic acids is 2. The number of aromatic nitrogens is 1. The van der Waals surface area contributed by atoms with E-state index in [2.05, 4.69) is 39.7 Å². The molecule has 1 aliphatic rings. The minimum absolute atomic E-state index is 0.000129. The molecule has 3 heterocycles. The van der Waals surface area contributed by atoms with Crippen LogP contribution in [-0.4, -0.2) is 54.4 Å². The molecule has 1 fully saturated rings. The molecule has 2 aromatic heterocycles. The molecule has 0 aliphatic carbocycles. The van der Waals surface area contributed by atoms with E-state index in [1.54, 1.807) is 23.5 Å². The van der Waals surface area contributed by atoms with Crippen molar-refractivity contribution < 1.29 is 14.0 Å². The number of thiazole rings is 1. The molecule has 158 valence electrons. The van der Waals surface area contributed by atoms with Crippen LogP contribution in [0, 0.1) is 5.92 Å². The van der Waals surface area contributed by atoms with E-state index in [9.17, 15) is 9.59 Å². The Hall–Kier alpha value is -2.19. The van der Waals surface area contributed by atoms with Crippen LogP contribution in [0.2, 0.25) is 0 Å². The number of nitrogens with zero attached hydrogens (tertiary/aromatic N) is 2. The summed E-state index contributed by atoms with van der Waals surface area (Å²) in [5.74, 6) is 0.543. The zero-order chi connectivity index (χ0) is 20.8. The van der Waals surface area contributed by atoms with E-state index in [0.717, 1.165) is 30.0 Å². The van der Waals surface area contributed by atoms with Gasteiger partial charge in [-0.1, -0.05) is 13.8 Å². The summed E-state index contributed by atoms with van der Waals surface area (Å²) >= 11 is 1.68. The highest BCUT2D eigenvalue weighted by Crippen LogP contribution is 2.20. The first-order valence-corrected chi connectivity index (χ1v) is 11.0. The Morgan fingerprint density at radius 2 is 2.17 bits per heavy atom. The van der Waals surface area contributed by atoms with E-state index < -0.39 is 0 Å². The zero-order valence-electron chi connectivity index (χ0n) is 17.3. The van der Waals surface area contributed by atoms with Crippen LogP contribution in [0.15, 0.2) is 28.2 Å². The summed E-state index contributed by atoms with van der Waals surface area (Å²) in [6, 6.07) is 3.35. The highest BCUT2D eigenvalue weighted by atomic mass is 32.1. The second-order valence-electron chi connectivity index (χ2n) is 8.02. The third-order valence-corrected chi connectivity index (χ3v) is 6.32. The highest BCUT2D eigenvalue weighted by Gasteiger charge is 2.28. The van der Waals surface area contributed by atoms with Gasteiger partial charge in [-0.15, -0.1) is 11.3 Å². The smallest absolute Gasteiger partial charge is 0.287 e. The summed E-state index contributed by atoms with van der Waals surface area (Å²) in [5.41, 5.74) is 1.04. The van der Waals surface area contributed by atoms with Crippen molar-refractivity contribution in [2.45, 2.75) is 45.1 Å². The molecule has 0 spiro atoms. The maximum atomic E-state index is 12.7. The summed E-state index contributed by atoms with van der Waals surface area (Å²) in [6.07, 6.45) is 3.75. The van der Waals surface area contributed by atoms with Gasteiger partial charge in [-0.2, -0.15) is 0 Å². The molecule has 7 nitrogen and oxygen atoms in total. The molecule has 0 saturated carbocycles. The molecule has 29 heavy (non-hydrogen) atoms. The number of rotatable bonds is 7. The molecule has 3 rings (SSSR count). The molecular formula is C21H30N4O3S. The van der Waals surface area contributed by atoms with E-state index in [1.165, 1.54) is 6.26 Å². The fourth-order valence-electron chi connectivity index (χ4n) is 3.57. The van der Waals surface area contributed by atoms with Gasteiger partial charge in [-0.3, -0.25) is 9.59 Å². The number of likely N-dealkylation sites (N-methyl/N-ethyl adjacent to an activating group) is 1. The fraction of sp³-hybridized carbons (Fsp3) is 0.571. The third-order valence-electron chi connectivity index (χ3n) is 5.12. The Kier molecular flexibility index (Phi) is 7.44. The van der Waals surface area contributed by atoms with E-state index in [4.69, 9.17) is 4.42 Å². The second-order valence-corrected chi connectivity index (χ2v) is 8.91. The molecule has 0 unspecified atom stereocenters. The number of hydrogen-bond donors (Lipinski definition) is 2. The zero-order valence-corrected chi connectivity index (χ0v) is 18.1. The van der Waals surface area contributed by atoms with Crippen molar-refractivity contribution in [1.29, 1.82) is 0 Å². The standard InChI is InChI=1S/C21H30N4O3S/c1-14(2)21-24-17(13-29-21)8-9-22-19(26)15-6-7-16(12-25(3)11-15)23-20(27)18-5-4-10-28-18/h4-5,10,13-16H,6-9,11-12H2,1-3H3,(H,22,26)(H,23,27)/t15-,16+/m1/s1. The fourth-order valence-corrected chi connectivity index (χ4v) is 4.44. The van der Waals surface area contributed by atoms with Crippen molar-refractivity contribution in [3.63, 3.8) is 0 Å². The van der Waals surface area contributed by atoms with Gasteiger partial charge in [0.25, 0.3) is 5.91 Å². The van der Waals surface area contributed by atoms with Crippen molar-refractivity contribution >= 4 is 23.2 Å². The van der Waals surface area contributed by atoms with Crippen LogP contribution < -0.4 is 10.6 Å². The summed E-state index contributed by atoms with van der Waals surface area (Å²) in [5, 5.41) is 9.29. The van der Waals surface area contributed by atoms with Gasteiger partial charge in [0.1, 0.15) is 0 Å². The molecule has 0 radical (unpaired) electrons. The summed E-state index contributed by atoms with van der Waals surface area (Å²) in [6.45, 7) is 6.27. The monoisotopic (exact) mass is 418 g/mol. The number of amides is 2. The quantitative estimate of drug-likeness (QED) is 0.722. The predicted molar refractivity (Wildman–Crippen MR) is 113 cm³/mol. The minimum atomic E-state index is -0.208. The van der Waals surface area contributed by atoms with Gasteiger partial charge in [0.05, 0.1) is 22.9 Å². The van der Waals surface area contributed by atoms with Crippen LogP contribution in [0.3, 0.4) is 0 Å². The van der Waals surface area contributed by atoms with Crippen LogP contribution in [0.4, 0.5) is 0 Å². The van der Waals surface area contributed by atoms with Gasteiger partial charge in [-0.25, -0.2) is 4.98 Å². The number of carbonyl (C=O) groups is 2. The Labute approximate surface area is 175 Å². The minimum Gasteiger partial charge on any atom is -0.459 e. The molecule has 2 N–H and O–H groups in total. The Morgan fingerprint density at radius 3 is 2.86 bits per heavy atom. The lowest BCUT2D eigenvalue weighted by Crippen LogP contribution is -2.42. The molecule has 1 saturated heterocycles. The molecule has 2 aromatic rings. The predicted octanol–water partition coefficient (Wildman–Crippen LogP) is 2.66. The van der Waals surface area contributed by atoms with E-state index in [-0.39, 0.29) is 23.8 Å². The lowest BCUT2D eigenvalue weighted by molar-refractivity contribution is -0.125. The van der Waals surface area contributed by atoms with E-state index in [0.29, 0.717) is 31.3 Å². The molecule has 2 atom stereocenters. The Morgan fingerprint density at radius 1 is 1.34 bits per heavy atom. The molecule has 0 aromatic carbocycles. The van der Waals surface area contributed by atoms with Crippen molar-refractivity contribution in [3.8, 4) is 0 Å². The lowest BCUT2D eigenvalue weighted by Gasteiger charge is -2.21. The van der Waals surface area contributed by atoms with Crippen molar-refractivity contribution in [2.75, 3.05) is 26.7 Å². The van der Waals surface area contributed by atoms with Crippen LogP contribution in [0.25, 0.3) is 0 Å². The SMILES string of the molecule is CC(C)c1nc(CCNC(=O)[C@@H]2CC[C@H](NC(=O)c3ccco3)CN(C)C2)cs1. The maximum absolute atomic E-state index is 12.7. The first kappa shape index (κ1) is 21.5. The summed E-state index contributed by atoms with van der Waals surface area (Å²) in [4.78, 5) is 31.6. The average Bonchev–Trinajstić information content (AvgIpc) is 3.33. The van der Waals surface area contributed by atoms with Gasteiger partial charge in [-0.05, 0) is 32.0 Å². The van der Waals surface area contributed by atoms with Crippen molar-refractivity contribution in [3.05, 3.63) is 40.2 Å². The molecular weight excluding hydrogens is 388 g/mol. The van der Waals surface area contributed by atoms with Crippen molar-refractivity contribution in [1.82, 2.24) is 20.5 Å². The van der Waals surface area contributed by atoms with Gasteiger partial charge in [0, 0.05) is 43.4 Å². The third kappa shape index (κ3) is 6.14. The van der Waals surface area contributed by atoms with Crippen LogP contribution in [0.1, 0.15) is 53.9 Å². The number of nitrogens with one attached hydrogen (secondary N) is 2. The second kappa shape index (κ2) is 10.0. The molecule has 0 bridgehead atoms.